The Hall–Kier alpha value is -2.18. The highest BCUT2D eigenvalue weighted by molar-refractivity contribution is 7.90. The van der Waals surface area contributed by atoms with Crippen molar-refractivity contribution in [3.05, 3.63) is 65.0 Å². The fraction of sp³-hybridized carbons (Fsp3) is 0.263. The van der Waals surface area contributed by atoms with E-state index >= 15 is 0 Å². The topological polar surface area (TPSA) is 73.1 Å². The number of halogens is 1. The van der Waals surface area contributed by atoms with E-state index in [0.29, 0.717) is 16.5 Å². The molecular weight excluding hydrogens is 372 g/mol. The smallest absolute Gasteiger partial charge is 0.242 e. The minimum absolute atomic E-state index is 0.0335. The molecule has 0 unspecified atom stereocenters. The van der Waals surface area contributed by atoms with Crippen molar-refractivity contribution in [3.63, 3.8) is 0 Å². The minimum atomic E-state index is -3.57. The fourth-order valence-electron chi connectivity index (χ4n) is 2.62. The summed E-state index contributed by atoms with van der Waals surface area (Å²) in [5.41, 5.74) is 1.71. The first kappa shape index (κ1) is 18.6. The van der Waals surface area contributed by atoms with Gasteiger partial charge in [0.1, 0.15) is 5.75 Å². The van der Waals surface area contributed by atoms with Gasteiger partial charge in [0.15, 0.2) is 9.84 Å². The number of benzene rings is 2. The lowest BCUT2D eigenvalue weighted by Gasteiger charge is -2.06. The van der Waals surface area contributed by atoms with Crippen molar-refractivity contribution in [2.45, 2.75) is 30.9 Å². The standard InChI is InChI=1S/C19H19ClN2O3S/c1-13(2)11-14-7-9-15(10-8-14)26(23,24)12-18-21-19(22-25-18)16-5-3-4-6-17(16)20/h3-10,13H,11-12H2,1-2H3. The molecule has 0 amide bonds. The lowest BCUT2D eigenvalue weighted by Crippen LogP contribution is -2.05. The predicted octanol–water partition coefficient (Wildman–Crippen LogP) is 4.56. The molecule has 0 fully saturated rings. The van der Waals surface area contributed by atoms with Crippen LogP contribution in [0.1, 0.15) is 25.3 Å². The molecule has 26 heavy (non-hydrogen) atoms. The first-order chi connectivity index (χ1) is 12.3. The quantitative estimate of drug-likeness (QED) is 0.616. The van der Waals surface area contributed by atoms with Gasteiger partial charge in [-0.15, -0.1) is 0 Å². The van der Waals surface area contributed by atoms with Crippen molar-refractivity contribution in [2.24, 2.45) is 5.92 Å². The molecular formula is C19H19ClN2O3S. The normalized spacial score (nSPS) is 11.8. The molecule has 2 aromatic carbocycles. The minimum Gasteiger partial charge on any atom is -0.338 e. The van der Waals surface area contributed by atoms with Gasteiger partial charge in [-0.2, -0.15) is 4.98 Å². The Morgan fingerprint density at radius 1 is 1.08 bits per heavy atom. The second-order valence-electron chi connectivity index (χ2n) is 6.49. The molecule has 0 radical (unpaired) electrons. The van der Waals surface area contributed by atoms with Crippen LogP contribution in [-0.4, -0.2) is 18.6 Å². The monoisotopic (exact) mass is 390 g/mol. The third kappa shape index (κ3) is 4.31. The molecule has 0 aliphatic heterocycles. The predicted molar refractivity (Wildman–Crippen MR) is 101 cm³/mol. The van der Waals surface area contributed by atoms with Crippen LogP contribution in [0, 0.1) is 5.92 Å². The molecule has 0 aliphatic rings. The van der Waals surface area contributed by atoms with Gasteiger partial charge in [-0.05, 0) is 42.2 Å². The first-order valence-corrected chi connectivity index (χ1v) is 10.3. The van der Waals surface area contributed by atoms with Gasteiger partial charge in [-0.1, -0.05) is 54.9 Å². The number of hydrogen-bond acceptors (Lipinski definition) is 5. The van der Waals surface area contributed by atoms with Gasteiger partial charge < -0.3 is 4.52 Å². The van der Waals surface area contributed by atoms with Crippen molar-refractivity contribution in [1.29, 1.82) is 0 Å². The van der Waals surface area contributed by atoms with Crippen LogP contribution < -0.4 is 0 Å². The molecule has 3 aromatic rings. The van der Waals surface area contributed by atoms with Crippen LogP contribution in [0.4, 0.5) is 0 Å². The van der Waals surface area contributed by atoms with Gasteiger partial charge in [0.05, 0.1) is 9.92 Å². The Morgan fingerprint density at radius 3 is 2.42 bits per heavy atom. The maximum absolute atomic E-state index is 12.6. The molecule has 7 heteroatoms. The number of nitrogens with zero attached hydrogens (tertiary/aromatic N) is 2. The van der Waals surface area contributed by atoms with Crippen LogP contribution >= 0.6 is 11.6 Å². The van der Waals surface area contributed by atoms with E-state index in [2.05, 4.69) is 24.0 Å². The molecule has 0 N–H and O–H groups in total. The zero-order valence-corrected chi connectivity index (χ0v) is 16.1. The highest BCUT2D eigenvalue weighted by atomic mass is 35.5. The lowest BCUT2D eigenvalue weighted by molar-refractivity contribution is 0.389. The van der Waals surface area contributed by atoms with Crippen LogP contribution in [0.15, 0.2) is 57.9 Å². The van der Waals surface area contributed by atoms with Gasteiger partial charge in [0.25, 0.3) is 0 Å². The van der Waals surface area contributed by atoms with E-state index < -0.39 is 9.84 Å². The molecule has 0 aliphatic carbocycles. The molecule has 136 valence electrons. The summed E-state index contributed by atoms with van der Waals surface area (Å²) in [6.45, 7) is 4.24. The first-order valence-electron chi connectivity index (χ1n) is 8.24. The third-order valence-electron chi connectivity index (χ3n) is 3.82. The highest BCUT2D eigenvalue weighted by Gasteiger charge is 2.21. The molecule has 0 saturated carbocycles. The second kappa shape index (κ2) is 7.60. The Bertz CT molecular complexity index is 996. The average Bonchev–Trinajstić information content (AvgIpc) is 3.02. The van der Waals surface area contributed by atoms with Crippen molar-refractivity contribution < 1.29 is 12.9 Å². The number of rotatable bonds is 6. The zero-order chi connectivity index (χ0) is 18.7. The van der Waals surface area contributed by atoms with Crippen LogP contribution in [0.3, 0.4) is 0 Å². The summed E-state index contributed by atoms with van der Waals surface area (Å²) in [5.74, 6) is 0.465. The molecule has 0 bridgehead atoms. The summed E-state index contributed by atoms with van der Waals surface area (Å²) in [4.78, 5) is 4.41. The Morgan fingerprint density at radius 2 is 1.77 bits per heavy atom. The summed E-state index contributed by atoms with van der Waals surface area (Å²) < 4.78 is 30.3. The number of sulfone groups is 1. The van der Waals surface area contributed by atoms with Crippen molar-refractivity contribution in [1.82, 2.24) is 10.1 Å². The Labute approximate surface area is 157 Å². The second-order valence-corrected chi connectivity index (χ2v) is 8.89. The largest absolute Gasteiger partial charge is 0.338 e. The van der Waals surface area contributed by atoms with Crippen LogP contribution in [0.2, 0.25) is 5.02 Å². The number of hydrogen-bond donors (Lipinski definition) is 0. The van der Waals surface area contributed by atoms with E-state index in [1.807, 2.05) is 12.1 Å². The van der Waals surface area contributed by atoms with Crippen molar-refractivity contribution in [3.8, 4) is 11.4 Å². The maximum atomic E-state index is 12.6. The molecule has 0 saturated heterocycles. The van der Waals surface area contributed by atoms with E-state index in [0.717, 1.165) is 12.0 Å². The van der Waals surface area contributed by atoms with Crippen LogP contribution in [0.25, 0.3) is 11.4 Å². The average molecular weight is 391 g/mol. The van der Waals surface area contributed by atoms with Gasteiger partial charge in [-0.3, -0.25) is 0 Å². The molecule has 5 nitrogen and oxygen atoms in total. The third-order valence-corrected chi connectivity index (χ3v) is 5.77. The van der Waals surface area contributed by atoms with Crippen molar-refractivity contribution >= 4 is 21.4 Å². The number of aromatic nitrogens is 2. The van der Waals surface area contributed by atoms with E-state index in [4.69, 9.17) is 16.1 Å². The summed E-state index contributed by atoms with van der Waals surface area (Å²) >= 11 is 6.11. The SMILES string of the molecule is CC(C)Cc1ccc(S(=O)(=O)Cc2nc(-c3ccccc3Cl)no2)cc1. The maximum Gasteiger partial charge on any atom is 0.242 e. The van der Waals surface area contributed by atoms with Crippen LogP contribution in [0.5, 0.6) is 0 Å². The summed E-state index contributed by atoms with van der Waals surface area (Å²) in [7, 11) is -3.57. The molecule has 3 rings (SSSR count). The molecule has 0 atom stereocenters. The summed E-state index contributed by atoms with van der Waals surface area (Å²) in [5, 5.41) is 4.31. The lowest BCUT2D eigenvalue weighted by atomic mass is 10.0. The fourth-order valence-corrected chi connectivity index (χ4v) is 4.00. The van der Waals surface area contributed by atoms with E-state index in [1.54, 1.807) is 36.4 Å². The van der Waals surface area contributed by atoms with Gasteiger partial charge in [0, 0.05) is 5.56 Å². The van der Waals surface area contributed by atoms with Gasteiger partial charge in [-0.25, -0.2) is 8.42 Å². The van der Waals surface area contributed by atoms with Crippen LogP contribution in [-0.2, 0) is 22.0 Å². The molecule has 1 heterocycles. The van der Waals surface area contributed by atoms with E-state index in [9.17, 15) is 8.42 Å². The highest BCUT2D eigenvalue weighted by Crippen LogP contribution is 2.26. The van der Waals surface area contributed by atoms with Gasteiger partial charge >= 0.3 is 0 Å². The van der Waals surface area contributed by atoms with E-state index in [1.165, 1.54) is 0 Å². The molecule has 0 spiro atoms. The molecule has 1 aromatic heterocycles. The Balaban J connectivity index is 1.79. The summed E-state index contributed by atoms with van der Waals surface area (Å²) in [6, 6.07) is 14.0. The Kier molecular flexibility index (Phi) is 5.44. The van der Waals surface area contributed by atoms with E-state index in [-0.39, 0.29) is 22.4 Å². The summed E-state index contributed by atoms with van der Waals surface area (Å²) in [6.07, 6.45) is 0.908. The van der Waals surface area contributed by atoms with Crippen molar-refractivity contribution in [2.75, 3.05) is 0 Å². The van der Waals surface area contributed by atoms with Gasteiger partial charge in [0.2, 0.25) is 11.7 Å². The zero-order valence-electron chi connectivity index (χ0n) is 14.5.